The molecule has 2 heterocycles. The molecular formula is C19H21N3O4. The van der Waals surface area contributed by atoms with E-state index in [2.05, 4.69) is 6.58 Å². The van der Waals surface area contributed by atoms with Gasteiger partial charge in [0.25, 0.3) is 5.91 Å². The maximum atomic E-state index is 12.4. The maximum Gasteiger partial charge on any atom is 0.343 e. The fourth-order valence-corrected chi connectivity index (χ4v) is 2.52. The van der Waals surface area contributed by atoms with Gasteiger partial charge < -0.3 is 14.1 Å². The number of amides is 1. The second-order valence-corrected chi connectivity index (χ2v) is 5.86. The number of nitrogens with zero attached hydrogens (tertiary/aromatic N) is 3. The summed E-state index contributed by atoms with van der Waals surface area (Å²) in [7, 11) is 0. The van der Waals surface area contributed by atoms with Crippen molar-refractivity contribution in [3.05, 3.63) is 53.6 Å². The van der Waals surface area contributed by atoms with Crippen LogP contribution >= 0.6 is 0 Å². The smallest absolute Gasteiger partial charge is 0.343 e. The molecule has 0 N–H and O–H groups in total. The Labute approximate surface area is 152 Å². The van der Waals surface area contributed by atoms with Crippen LogP contribution in [0.25, 0.3) is 5.88 Å². The summed E-state index contributed by atoms with van der Waals surface area (Å²) in [5, 5.41) is 9.45. The van der Waals surface area contributed by atoms with Crippen molar-refractivity contribution in [2.45, 2.75) is 20.8 Å². The van der Waals surface area contributed by atoms with Crippen molar-refractivity contribution in [1.82, 2.24) is 9.47 Å². The largest absolute Gasteiger partial charge is 0.452 e. The molecule has 7 heteroatoms. The molecule has 0 saturated heterocycles. The molecule has 0 unspecified atom stereocenters. The standard InChI is InChI=1S/C19H21N3O4/c1-5-21(11-13(2)3)16(23)12-25-19(24)17-14(4)26-18(15(17)10-20)22-8-6-7-9-22/h6-9H,2,5,11-12H2,1,3-4H3. The second-order valence-electron chi connectivity index (χ2n) is 5.86. The normalized spacial score (nSPS) is 10.2. The topological polar surface area (TPSA) is 88.5 Å². The molecule has 136 valence electrons. The second kappa shape index (κ2) is 8.21. The number of ether oxygens (including phenoxy) is 1. The zero-order valence-electron chi connectivity index (χ0n) is 15.1. The summed E-state index contributed by atoms with van der Waals surface area (Å²) in [5.41, 5.74) is 0.942. The van der Waals surface area contributed by atoms with E-state index in [0.717, 1.165) is 5.57 Å². The lowest BCUT2D eigenvalue weighted by atomic mass is 10.1. The number of esters is 1. The summed E-state index contributed by atoms with van der Waals surface area (Å²) in [6.07, 6.45) is 3.41. The highest BCUT2D eigenvalue weighted by atomic mass is 16.5. The molecule has 0 saturated carbocycles. The molecule has 2 rings (SSSR count). The average Bonchev–Trinajstić information content (AvgIpc) is 3.24. The molecule has 0 aliphatic heterocycles. The van der Waals surface area contributed by atoms with Gasteiger partial charge in [-0.2, -0.15) is 5.26 Å². The number of likely N-dealkylation sites (N-methyl/N-ethyl adjacent to an activating group) is 1. The molecule has 0 bridgehead atoms. The molecule has 0 atom stereocenters. The molecule has 1 amide bonds. The van der Waals surface area contributed by atoms with Gasteiger partial charge in [-0.15, -0.1) is 0 Å². The first-order chi connectivity index (χ1) is 12.4. The van der Waals surface area contributed by atoms with Gasteiger partial charge in [0.2, 0.25) is 5.88 Å². The van der Waals surface area contributed by atoms with Gasteiger partial charge in [-0.05, 0) is 32.9 Å². The van der Waals surface area contributed by atoms with Crippen molar-refractivity contribution >= 4 is 11.9 Å². The van der Waals surface area contributed by atoms with Crippen LogP contribution in [-0.2, 0) is 9.53 Å². The Morgan fingerprint density at radius 3 is 2.58 bits per heavy atom. The van der Waals surface area contributed by atoms with Crippen LogP contribution in [0, 0.1) is 18.3 Å². The van der Waals surface area contributed by atoms with E-state index >= 15 is 0 Å². The Morgan fingerprint density at radius 1 is 1.38 bits per heavy atom. The molecule has 26 heavy (non-hydrogen) atoms. The van der Waals surface area contributed by atoms with Crippen LogP contribution in [0.3, 0.4) is 0 Å². The zero-order chi connectivity index (χ0) is 19.3. The number of nitriles is 1. The number of hydrogen-bond acceptors (Lipinski definition) is 5. The summed E-state index contributed by atoms with van der Waals surface area (Å²) in [6, 6.07) is 5.53. The number of aryl methyl sites for hydroxylation is 1. The van der Waals surface area contributed by atoms with Gasteiger partial charge in [0.15, 0.2) is 6.61 Å². The highest BCUT2D eigenvalue weighted by Gasteiger charge is 2.26. The van der Waals surface area contributed by atoms with E-state index in [1.54, 1.807) is 36.0 Å². The lowest BCUT2D eigenvalue weighted by Gasteiger charge is -2.20. The Hall–Kier alpha value is -3.27. The molecule has 2 aromatic rings. The van der Waals surface area contributed by atoms with Crippen LogP contribution in [0.4, 0.5) is 0 Å². The van der Waals surface area contributed by atoms with Crippen molar-refractivity contribution in [2.24, 2.45) is 0 Å². The number of aromatic nitrogens is 1. The third kappa shape index (κ3) is 4.03. The minimum atomic E-state index is -0.763. The minimum absolute atomic E-state index is 0.0342. The van der Waals surface area contributed by atoms with Gasteiger partial charge in [-0.3, -0.25) is 9.36 Å². The summed E-state index contributed by atoms with van der Waals surface area (Å²) in [6.45, 7) is 9.48. The SMILES string of the molecule is C=C(C)CN(CC)C(=O)COC(=O)c1c(C)oc(-n2cccc2)c1C#N. The maximum absolute atomic E-state index is 12.4. The molecule has 0 aliphatic carbocycles. The van der Waals surface area contributed by atoms with Gasteiger partial charge in [-0.25, -0.2) is 4.79 Å². The summed E-state index contributed by atoms with van der Waals surface area (Å²) < 4.78 is 12.3. The summed E-state index contributed by atoms with van der Waals surface area (Å²) >= 11 is 0. The Morgan fingerprint density at radius 2 is 2.04 bits per heavy atom. The monoisotopic (exact) mass is 355 g/mol. The van der Waals surface area contributed by atoms with Gasteiger partial charge in [0.1, 0.15) is 23.0 Å². The lowest BCUT2D eigenvalue weighted by molar-refractivity contribution is -0.133. The van der Waals surface area contributed by atoms with Gasteiger partial charge in [0.05, 0.1) is 0 Å². The van der Waals surface area contributed by atoms with Crippen LogP contribution in [0.2, 0.25) is 0 Å². The van der Waals surface area contributed by atoms with Crippen LogP contribution in [0.1, 0.15) is 35.5 Å². The van der Waals surface area contributed by atoms with Gasteiger partial charge >= 0.3 is 5.97 Å². The van der Waals surface area contributed by atoms with Crippen molar-refractivity contribution in [3.63, 3.8) is 0 Å². The van der Waals surface area contributed by atoms with E-state index in [-0.39, 0.29) is 28.7 Å². The van der Waals surface area contributed by atoms with E-state index in [9.17, 15) is 14.9 Å². The Kier molecular flexibility index (Phi) is 6.02. The van der Waals surface area contributed by atoms with Crippen LogP contribution in [-0.4, -0.2) is 41.0 Å². The quantitative estimate of drug-likeness (QED) is 0.563. The Bertz CT molecular complexity index is 856. The summed E-state index contributed by atoms with van der Waals surface area (Å²) in [5.74, 6) is -0.585. The average molecular weight is 355 g/mol. The first-order valence-corrected chi connectivity index (χ1v) is 8.15. The molecule has 0 spiro atoms. The number of furan rings is 1. The van der Waals surface area contributed by atoms with Crippen LogP contribution < -0.4 is 0 Å². The van der Waals surface area contributed by atoms with Crippen molar-refractivity contribution in [3.8, 4) is 12.0 Å². The number of rotatable bonds is 7. The van der Waals surface area contributed by atoms with E-state index in [4.69, 9.17) is 9.15 Å². The van der Waals surface area contributed by atoms with E-state index < -0.39 is 12.6 Å². The first-order valence-electron chi connectivity index (χ1n) is 8.15. The predicted molar refractivity (Wildman–Crippen MR) is 94.8 cm³/mol. The van der Waals surface area contributed by atoms with Crippen LogP contribution in [0.5, 0.6) is 0 Å². The van der Waals surface area contributed by atoms with Gasteiger partial charge in [-0.1, -0.05) is 12.2 Å². The minimum Gasteiger partial charge on any atom is -0.452 e. The molecule has 0 fully saturated rings. The third-order valence-electron chi connectivity index (χ3n) is 3.74. The van der Waals surface area contributed by atoms with Crippen molar-refractivity contribution in [2.75, 3.05) is 19.7 Å². The Balaban J connectivity index is 2.17. The van der Waals surface area contributed by atoms with Crippen LogP contribution in [0.15, 0.2) is 41.1 Å². The number of hydrogen-bond donors (Lipinski definition) is 0. The van der Waals surface area contributed by atoms with E-state index in [1.165, 1.54) is 4.90 Å². The molecule has 0 radical (unpaired) electrons. The predicted octanol–water partition coefficient (Wildman–Crippen LogP) is 2.83. The zero-order valence-corrected chi connectivity index (χ0v) is 15.1. The van der Waals surface area contributed by atoms with E-state index in [1.807, 2.05) is 19.9 Å². The van der Waals surface area contributed by atoms with Gasteiger partial charge in [0, 0.05) is 25.5 Å². The first kappa shape index (κ1) is 19.1. The fourth-order valence-electron chi connectivity index (χ4n) is 2.52. The third-order valence-corrected chi connectivity index (χ3v) is 3.74. The summed E-state index contributed by atoms with van der Waals surface area (Å²) in [4.78, 5) is 26.2. The molecule has 0 aliphatic rings. The number of carbonyl (C=O) groups is 2. The van der Waals surface area contributed by atoms with Crippen molar-refractivity contribution in [1.29, 1.82) is 5.26 Å². The van der Waals surface area contributed by atoms with Crippen molar-refractivity contribution < 1.29 is 18.7 Å². The molecule has 0 aromatic carbocycles. The lowest BCUT2D eigenvalue weighted by Crippen LogP contribution is -2.35. The molecule has 7 nitrogen and oxygen atoms in total. The highest BCUT2D eigenvalue weighted by molar-refractivity contribution is 5.95. The van der Waals surface area contributed by atoms with E-state index in [0.29, 0.717) is 13.1 Å². The highest BCUT2D eigenvalue weighted by Crippen LogP contribution is 2.26. The molecular weight excluding hydrogens is 334 g/mol. The fraction of sp³-hybridized carbons (Fsp3) is 0.316. The molecule has 2 aromatic heterocycles. The number of carbonyl (C=O) groups excluding carboxylic acids is 2.